The molecule has 0 aliphatic carbocycles. The topological polar surface area (TPSA) is 55.1 Å². The molecule has 7 heteroatoms. The molecule has 2 aromatic rings. The average Bonchev–Trinajstić information content (AvgIpc) is 2.67. The van der Waals surface area contributed by atoms with E-state index >= 15 is 0 Å². The number of anilines is 1. The number of amides is 1. The Kier molecular flexibility index (Phi) is 4.89. The molecule has 1 aromatic carbocycles. The van der Waals surface area contributed by atoms with Crippen LogP contribution in [0.5, 0.6) is 0 Å². The number of nitrogens with one attached hydrogen (secondary N) is 1. The predicted molar refractivity (Wildman–Crippen MR) is 87.0 cm³/mol. The Morgan fingerprint density at radius 2 is 2.11 bits per heavy atom. The summed E-state index contributed by atoms with van der Waals surface area (Å²) in [5.74, 6) is -0.532. The fourth-order valence-corrected chi connectivity index (χ4v) is 3.82. The highest BCUT2D eigenvalue weighted by Gasteiger charge is 2.08. The Morgan fingerprint density at radius 1 is 1.37 bits per heavy atom. The number of nitrogens with two attached hydrogens (primary N) is 1. The van der Waals surface area contributed by atoms with Crippen molar-refractivity contribution in [1.82, 2.24) is 0 Å². The minimum Gasteiger partial charge on any atom is -0.380 e. The number of hydrogen-bond acceptors (Lipinski definition) is 3. The molecule has 0 saturated heterocycles. The largest absolute Gasteiger partial charge is 0.380 e. The van der Waals surface area contributed by atoms with Gasteiger partial charge in [0, 0.05) is 21.6 Å². The summed E-state index contributed by atoms with van der Waals surface area (Å²) in [6.45, 7) is 0.661. The molecule has 3 N–H and O–H groups in total. The van der Waals surface area contributed by atoms with Gasteiger partial charge in [0.05, 0.1) is 14.4 Å². The Morgan fingerprint density at radius 3 is 2.68 bits per heavy atom. The number of thiophene rings is 1. The Bertz CT molecular complexity index is 611. The fraction of sp³-hybridized carbons (Fsp3) is 0.0833. The molecule has 0 bridgehead atoms. The highest BCUT2D eigenvalue weighted by molar-refractivity contribution is 9.13. The number of halogens is 3. The zero-order valence-corrected chi connectivity index (χ0v) is 14.3. The molecule has 1 heterocycles. The third-order valence-electron chi connectivity index (χ3n) is 2.39. The van der Waals surface area contributed by atoms with E-state index in [4.69, 9.17) is 17.3 Å². The van der Waals surface area contributed by atoms with Gasteiger partial charge in [0.25, 0.3) is 0 Å². The van der Waals surface area contributed by atoms with Gasteiger partial charge in [-0.1, -0.05) is 11.6 Å². The van der Waals surface area contributed by atoms with Crippen molar-refractivity contribution in [2.75, 3.05) is 5.32 Å². The molecule has 1 aromatic heterocycles. The van der Waals surface area contributed by atoms with Crippen molar-refractivity contribution in [2.24, 2.45) is 5.73 Å². The highest BCUT2D eigenvalue weighted by atomic mass is 79.9. The van der Waals surface area contributed by atoms with E-state index in [1.807, 2.05) is 12.1 Å². The number of carbonyl (C=O) groups is 1. The quantitative estimate of drug-likeness (QED) is 0.751. The van der Waals surface area contributed by atoms with Crippen LogP contribution in [0.4, 0.5) is 5.69 Å². The van der Waals surface area contributed by atoms with E-state index in [1.165, 1.54) is 0 Å². The lowest BCUT2D eigenvalue weighted by Crippen LogP contribution is -2.12. The van der Waals surface area contributed by atoms with E-state index in [2.05, 4.69) is 37.2 Å². The summed E-state index contributed by atoms with van der Waals surface area (Å²) in [5, 5.41) is 3.59. The number of carbonyl (C=O) groups excluding carboxylic acids is 1. The molecule has 100 valence electrons. The standard InChI is InChI=1S/C12H9Br2ClN2OS/c13-9-4-7(19-11(9)14)5-17-6-1-2-10(15)8(3-6)12(16)18/h1-4,17H,5H2,(H2,16,18). The first-order chi connectivity index (χ1) is 8.97. The molecule has 2 rings (SSSR count). The van der Waals surface area contributed by atoms with Crippen LogP contribution >= 0.6 is 54.8 Å². The van der Waals surface area contributed by atoms with Crippen molar-refractivity contribution in [1.29, 1.82) is 0 Å². The van der Waals surface area contributed by atoms with Crippen molar-refractivity contribution in [2.45, 2.75) is 6.54 Å². The van der Waals surface area contributed by atoms with Crippen LogP contribution in [-0.4, -0.2) is 5.91 Å². The molecule has 0 atom stereocenters. The summed E-state index contributed by atoms with van der Waals surface area (Å²) < 4.78 is 2.08. The summed E-state index contributed by atoms with van der Waals surface area (Å²) in [6, 6.07) is 7.16. The van der Waals surface area contributed by atoms with Gasteiger partial charge in [-0.25, -0.2) is 0 Å². The normalized spacial score (nSPS) is 10.5. The molecule has 0 fully saturated rings. The molecule has 19 heavy (non-hydrogen) atoms. The van der Waals surface area contributed by atoms with Gasteiger partial charge in [0.1, 0.15) is 0 Å². The monoisotopic (exact) mass is 422 g/mol. The first kappa shape index (κ1) is 14.8. The average molecular weight is 425 g/mol. The van der Waals surface area contributed by atoms with E-state index in [0.29, 0.717) is 17.1 Å². The predicted octanol–water partition coefficient (Wildman–Crippen LogP) is 4.64. The van der Waals surface area contributed by atoms with Crippen LogP contribution in [0.3, 0.4) is 0 Å². The molecule has 0 unspecified atom stereocenters. The molecule has 0 aliphatic rings. The molecule has 0 aliphatic heterocycles. The first-order valence-electron chi connectivity index (χ1n) is 5.24. The van der Waals surface area contributed by atoms with Gasteiger partial charge in [-0.05, 0) is 56.1 Å². The van der Waals surface area contributed by atoms with E-state index in [9.17, 15) is 4.79 Å². The smallest absolute Gasteiger partial charge is 0.250 e. The van der Waals surface area contributed by atoms with Crippen LogP contribution in [0.25, 0.3) is 0 Å². The Labute approximate surface area is 136 Å². The number of benzene rings is 1. The summed E-state index contributed by atoms with van der Waals surface area (Å²) in [6.07, 6.45) is 0. The fourth-order valence-electron chi connectivity index (χ4n) is 1.49. The molecule has 0 spiro atoms. The maximum Gasteiger partial charge on any atom is 0.250 e. The van der Waals surface area contributed by atoms with Crippen LogP contribution in [0.2, 0.25) is 5.02 Å². The lowest BCUT2D eigenvalue weighted by Gasteiger charge is -2.07. The molecular weight excluding hydrogens is 415 g/mol. The van der Waals surface area contributed by atoms with Crippen LogP contribution in [-0.2, 0) is 6.54 Å². The molecular formula is C12H9Br2ClN2OS. The van der Waals surface area contributed by atoms with Gasteiger partial charge in [-0.3, -0.25) is 4.79 Å². The van der Waals surface area contributed by atoms with Crippen molar-refractivity contribution in [3.05, 3.63) is 48.0 Å². The molecule has 0 radical (unpaired) electrons. The van der Waals surface area contributed by atoms with E-state index in [-0.39, 0.29) is 0 Å². The second-order valence-electron chi connectivity index (χ2n) is 3.75. The maximum absolute atomic E-state index is 11.2. The Hall–Kier alpha value is -0.560. The van der Waals surface area contributed by atoms with Crippen molar-refractivity contribution >= 4 is 66.4 Å². The summed E-state index contributed by atoms with van der Waals surface area (Å²) in [4.78, 5) is 12.4. The maximum atomic E-state index is 11.2. The van der Waals surface area contributed by atoms with Crippen LogP contribution in [0, 0.1) is 0 Å². The summed E-state index contributed by atoms with van der Waals surface area (Å²) in [7, 11) is 0. The van der Waals surface area contributed by atoms with Crippen molar-refractivity contribution in [3.63, 3.8) is 0 Å². The van der Waals surface area contributed by atoms with E-state index in [1.54, 1.807) is 23.5 Å². The molecule has 1 amide bonds. The van der Waals surface area contributed by atoms with Gasteiger partial charge in [-0.2, -0.15) is 0 Å². The van der Waals surface area contributed by atoms with E-state index in [0.717, 1.165) is 18.8 Å². The van der Waals surface area contributed by atoms with Crippen LogP contribution < -0.4 is 11.1 Å². The second kappa shape index (κ2) is 6.26. The first-order valence-corrected chi connectivity index (χ1v) is 8.02. The Balaban J connectivity index is 2.11. The number of rotatable bonds is 4. The highest BCUT2D eigenvalue weighted by Crippen LogP contribution is 2.32. The minimum absolute atomic E-state index is 0.320. The number of hydrogen-bond donors (Lipinski definition) is 2. The van der Waals surface area contributed by atoms with Gasteiger partial charge in [0.15, 0.2) is 0 Å². The summed E-state index contributed by atoms with van der Waals surface area (Å²) >= 11 is 14.4. The zero-order chi connectivity index (χ0) is 14.0. The van der Waals surface area contributed by atoms with Crippen molar-refractivity contribution in [3.8, 4) is 0 Å². The minimum atomic E-state index is -0.532. The van der Waals surface area contributed by atoms with Gasteiger partial charge < -0.3 is 11.1 Å². The van der Waals surface area contributed by atoms with E-state index < -0.39 is 5.91 Å². The lowest BCUT2D eigenvalue weighted by molar-refractivity contribution is 0.100. The van der Waals surface area contributed by atoms with Gasteiger partial charge in [-0.15, -0.1) is 11.3 Å². The summed E-state index contributed by atoms with van der Waals surface area (Å²) in [5.41, 5.74) is 6.38. The third kappa shape index (κ3) is 3.72. The zero-order valence-electron chi connectivity index (χ0n) is 9.54. The molecule has 3 nitrogen and oxygen atoms in total. The van der Waals surface area contributed by atoms with Gasteiger partial charge >= 0.3 is 0 Å². The third-order valence-corrected chi connectivity index (χ3v) is 5.98. The lowest BCUT2D eigenvalue weighted by atomic mass is 10.2. The number of primary amides is 1. The second-order valence-corrected chi connectivity index (χ2v) is 7.46. The SMILES string of the molecule is NC(=O)c1cc(NCc2cc(Br)c(Br)s2)ccc1Cl. The molecule has 0 saturated carbocycles. The van der Waals surface area contributed by atoms with Crippen LogP contribution in [0.15, 0.2) is 32.5 Å². The van der Waals surface area contributed by atoms with Gasteiger partial charge in [0.2, 0.25) is 5.91 Å². The van der Waals surface area contributed by atoms with Crippen LogP contribution in [0.1, 0.15) is 15.2 Å². The van der Waals surface area contributed by atoms with Crippen molar-refractivity contribution < 1.29 is 4.79 Å².